The number of nitrogens with two attached hydrogens (primary N) is 1. The SMILES string of the molecule is Nc1ccc2nc(NC3CCCCCCC3)ccc2c1. The van der Waals surface area contributed by atoms with Crippen LogP contribution in [0.5, 0.6) is 0 Å². The van der Waals surface area contributed by atoms with Crippen LogP contribution in [0, 0.1) is 0 Å². The van der Waals surface area contributed by atoms with Gasteiger partial charge in [-0.25, -0.2) is 4.98 Å². The molecule has 1 fully saturated rings. The van der Waals surface area contributed by atoms with E-state index >= 15 is 0 Å². The summed E-state index contributed by atoms with van der Waals surface area (Å²) in [7, 11) is 0. The molecule has 0 unspecified atom stereocenters. The molecule has 3 rings (SSSR count). The first-order valence-corrected chi connectivity index (χ1v) is 7.74. The number of hydrogen-bond donors (Lipinski definition) is 2. The molecule has 3 nitrogen and oxygen atoms in total. The molecule has 1 saturated carbocycles. The molecule has 1 heterocycles. The molecule has 0 bridgehead atoms. The number of nitrogens with zero attached hydrogens (tertiary/aromatic N) is 1. The summed E-state index contributed by atoms with van der Waals surface area (Å²) in [4.78, 5) is 4.70. The standard InChI is InChI=1S/C17H23N3/c18-14-9-10-16-13(12-14)8-11-17(20-16)19-15-6-4-2-1-3-5-7-15/h8-12,15H,1-7,18H2,(H,19,20). The second kappa shape index (κ2) is 6.12. The predicted octanol–water partition coefficient (Wildman–Crippen LogP) is 4.34. The van der Waals surface area contributed by atoms with Crippen LogP contribution in [0.1, 0.15) is 44.9 Å². The van der Waals surface area contributed by atoms with Crippen molar-refractivity contribution in [2.24, 2.45) is 0 Å². The van der Waals surface area contributed by atoms with E-state index in [9.17, 15) is 0 Å². The Morgan fingerprint density at radius 2 is 1.70 bits per heavy atom. The largest absolute Gasteiger partial charge is 0.399 e. The first kappa shape index (κ1) is 13.2. The lowest BCUT2D eigenvalue weighted by Gasteiger charge is -2.21. The van der Waals surface area contributed by atoms with Gasteiger partial charge in [0.25, 0.3) is 0 Å². The minimum atomic E-state index is 0.578. The number of pyridine rings is 1. The number of anilines is 2. The topological polar surface area (TPSA) is 50.9 Å². The molecular weight excluding hydrogens is 246 g/mol. The maximum Gasteiger partial charge on any atom is 0.126 e. The average molecular weight is 269 g/mol. The number of rotatable bonds is 2. The highest BCUT2D eigenvalue weighted by Crippen LogP contribution is 2.22. The number of nitrogens with one attached hydrogen (secondary N) is 1. The highest BCUT2D eigenvalue weighted by molar-refractivity contribution is 5.83. The van der Waals surface area contributed by atoms with Crippen molar-refractivity contribution < 1.29 is 0 Å². The Balaban J connectivity index is 1.74. The summed E-state index contributed by atoms with van der Waals surface area (Å²) in [5, 5.41) is 4.72. The van der Waals surface area contributed by atoms with E-state index in [0.717, 1.165) is 22.4 Å². The first-order chi connectivity index (χ1) is 9.81. The zero-order valence-electron chi connectivity index (χ0n) is 11.9. The predicted molar refractivity (Wildman–Crippen MR) is 85.9 cm³/mol. The minimum Gasteiger partial charge on any atom is -0.399 e. The van der Waals surface area contributed by atoms with Crippen LogP contribution in [-0.4, -0.2) is 11.0 Å². The van der Waals surface area contributed by atoms with Gasteiger partial charge in [0.15, 0.2) is 0 Å². The summed E-state index contributed by atoms with van der Waals surface area (Å²) >= 11 is 0. The van der Waals surface area contributed by atoms with Gasteiger partial charge in [0.2, 0.25) is 0 Å². The molecule has 0 radical (unpaired) electrons. The molecule has 0 spiro atoms. The van der Waals surface area contributed by atoms with Gasteiger partial charge < -0.3 is 11.1 Å². The molecule has 0 atom stereocenters. The Morgan fingerprint density at radius 3 is 2.50 bits per heavy atom. The van der Waals surface area contributed by atoms with Crippen LogP contribution in [0.2, 0.25) is 0 Å². The van der Waals surface area contributed by atoms with Crippen molar-refractivity contribution in [2.45, 2.75) is 51.0 Å². The summed E-state index contributed by atoms with van der Waals surface area (Å²) in [5.74, 6) is 0.993. The van der Waals surface area contributed by atoms with Crippen molar-refractivity contribution in [3.8, 4) is 0 Å². The fourth-order valence-electron chi connectivity index (χ4n) is 3.03. The average Bonchev–Trinajstić information content (AvgIpc) is 2.42. The Morgan fingerprint density at radius 1 is 0.950 bits per heavy atom. The van der Waals surface area contributed by atoms with E-state index in [-0.39, 0.29) is 0 Å². The van der Waals surface area contributed by atoms with Crippen molar-refractivity contribution in [3.63, 3.8) is 0 Å². The van der Waals surface area contributed by atoms with Gasteiger partial charge in [-0.2, -0.15) is 0 Å². The van der Waals surface area contributed by atoms with Gasteiger partial charge in [0, 0.05) is 17.1 Å². The molecule has 0 amide bonds. The minimum absolute atomic E-state index is 0.578. The fourth-order valence-corrected chi connectivity index (χ4v) is 3.03. The second-order valence-corrected chi connectivity index (χ2v) is 5.84. The summed E-state index contributed by atoms with van der Waals surface area (Å²) in [6.07, 6.45) is 9.36. The molecular formula is C17H23N3. The number of fused-ring (bicyclic) bond motifs is 1. The van der Waals surface area contributed by atoms with Crippen LogP contribution < -0.4 is 11.1 Å². The zero-order valence-corrected chi connectivity index (χ0v) is 11.9. The zero-order chi connectivity index (χ0) is 13.8. The van der Waals surface area contributed by atoms with Crippen LogP contribution >= 0.6 is 0 Å². The van der Waals surface area contributed by atoms with E-state index in [2.05, 4.69) is 17.4 Å². The fraction of sp³-hybridized carbons (Fsp3) is 0.471. The monoisotopic (exact) mass is 269 g/mol. The van der Waals surface area contributed by atoms with Gasteiger partial charge in [0.05, 0.1) is 5.52 Å². The van der Waals surface area contributed by atoms with Gasteiger partial charge in [-0.05, 0) is 43.2 Å². The van der Waals surface area contributed by atoms with Gasteiger partial charge >= 0.3 is 0 Å². The van der Waals surface area contributed by atoms with Gasteiger partial charge in [-0.3, -0.25) is 0 Å². The summed E-state index contributed by atoms with van der Waals surface area (Å²) in [6.45, 7) is 0. The van der Waals surface area contributed by atoms with Crippen molar-refractivity contribution in [1.82, 2.24) is 4.98 Å². The highest BCUT2D eigenvalue weighted by Gasteiger charge is 2.11. The Bertz CT molecular complexity index is 571. The van der Waals surface area contributed by atoms with E-state index in [1.54, 1.807) is 0 Å². The van der Waals surface area contributed by atoms with E-state index in [4.69, 9.17) is 10.7 Å². The molecule has 106 valence electrons. The summed E-state index contributed by atoms with van der Waals surface area (Å²) in [5.41, 5.74) is 7.60. The molecule has 1 aliphatic rings. The first-order valence-electron chi connectivity index (χ1n) is 7.74. The third-order valence-electron chi connectivity index (χ3n) is 4.17. The van der Waals surface area contributed by atoms with E-state index in [1.165, 1.54) is 44.9 Å². The van der Waals surface area contributed by atoms with Crippen molar-refractivity contribution in [1.29, 1.82) is 0 Å². The van der Waals surface area contributed by atoms with Crippen molar-refractivity contribution in [3.05, 3.63) is 30.3 Å². The van der Waals surface area contributed by atoms with Gasteiger partial charge in [-0.15, -0.1) is 0 Å². The molecule has 1 aromatic carbocycles. The van der Waals surface area contributed by atoms with Crippen LogP contribution in [-0.2, 0) is 0 Å². The lowest BCUT2D eigenvalue weighted by molar-refractivity contribution is 0.471. The molecule has 2 aromatic rings. The molecule has 3 heteroatoms. The molecule has 20 heavy (non-hydrogen) atoms. The molecule has 1 aromatic heterocycles. The number of hydrogen-bond acceptors (Lipinski definition) is 3. The second-order valence-electron chi connectivity index (χ2n) is 5.84. The Hall–Kier alpha value is -1.77. The Labute approximate surface area is 120 Å². The lowest BCUT2D eigenvalue weighted by Crippen LogP contribution is -2.21. The molecule has 0 saturated heterocycles. The van der Waals surface area contributed by atoms with E-state index < -0.39 is 0 Å². The van der Waals surface area contributed by atoms with E-state index in [1.807, 2.05) is 18.2 Å². The van der Waals surface area contributed by atoms with Crippen LogP contribution in [0.25, 0.3) is 10.9 Å². The van der Waals surface area contributed by atoms with Crippen molar-refractivity contribution >= 4 is 22.4 Å². The van der Waals surface area contributed by atoms with Crippen LogP contribution in [0.15, 0.2) is 30.3 Å². The van der Waals surface area contributed by atoms with Crippen LogP contribution in [0.3, 0.4) is 0 Å². The molecule has 1 aliphatic carbocycles. The quantitative estimate of drug-likeness (QED) is 0.797. The number of aromatic nitrogens is 1. The van der Waals surface area contributed by atoms with E-state index in [0.29, 0.717) is 6.04 Å². The highest BCUT2D eigenvalue weighted by atomic mass is 15.0. The number of benzene rings is 1. The third kappa shape index (κ3) is 3.21. The third-order valence-corrected chi connectivity index (χ3v) is 4.17. The summed E-state index contributed by atoms with van der Waals surface area (Å²) < 4.78 is 0. The lowest BCUT2D eigenvalue weighted by atomic mass is 9.97. The maximum atomic E-state index is 5.80. The normalized spacial score (nSPS) is 17.6. The van der Waals surface area contributed by atoms with Crippen LogP contribution in [0.4, 0.5) is 11.5 Å². The molecule has 0 aliphatic heterocycles. The van der Waals surface area contributed by atoms with Gasteiger partial charge in [-0.1, -0.05) is 32.1 Å². The maximum absolute atomic E-state index is 5.80. The molecule has 3 N–H and O–H groups in total. The number of nitrogen functional groups attached to an aromatic ring is 1. The van der Waals surface area contributed by atoms with Crippen molar-refractivity contribution in [2.75, 3.05) is 11.1 Å². The Kier molecular flexibility index (Phi) is 4.05. The summed E-state index contributed by atoms with van der Waals surface area (Å²) in [6, 6.07) is 10.6. The smallest absolute Gasteiger partial charge is 0.126 e. The van der Waals surface area contributed by atoms with Gasteiger partial charge in [0.1, 0.15) is 5.82 Å².